The van der Waals surface area contributed by atoms with Gasteiger partial charge in [0.2, 0.25) is 0 Å². The zero-order chi connectivity index (χ0) is 22.4. The molecular formula is C27H29N5O. The SMILES string of the molecule is Cn1ccc2c(-c3ccc(Nc4ccc(N5CCC(O)CC5)cn4)c4c3CNC4)cccc21. The highest BCUT2D eigenvalue weighted by molar-refractivity contribution is 5.97. The molecule has 3 N–H and O–H groups in total. The molecule has 2 aromatic heterocycles. The normalized spacial score (nSPS) is 16.4. The van der Waals surface area contributed by atoms with E-state index in [-0.39, 0.29) is 6.10 Å². The van der Waals surface area contributed by atoms with Gasteiger partial charge in [0.05, 0.1) is 18.0 Å². The lowest BCUT2D eigenvalue weighted by atomic mass is 9.94. The molecule has 168 valence electrons. The van der Waals surface area contributed by atoms with Crippen LogP contribution in [0.2, 0.25) is 0 Å². The number of nitrogens with zero attached hydrogens (tertiary/aromatic N) is 3. The highest BCUT2D eigenvalue weighted by Gasteiger charge is 2.21. The smallest absolute Gasteiger partial charge is 0.130 e. The molecule has 0 spiro atoms. The number of rotatable bonds is 4. The first-order valence-electron chi connectivity index (χ1n) is 11.7. The lowest BCUT2D eigenvalue weighted by molar-refractivity contribution is 0.145. The summed E-state index contributed by atoms with van der Waals surface area (Å²) < 4.78 is 2.18. The molecule has 2 aromatic carbocycles. The van der Waals surface area contributed by atoms with Crippen LogP contribution >= 0.6 is 0 Å². The predicted octanol–water partition coefficient (Wildman–Crippen LogP) is 4.55. The van der Waals surface area contributed by atoms with Gasteiger partial charge in [0.1, 0.15) is 5.82 Å². The van der Waals surface area contributed by atoms with Crippen molar-refractivity contribution in [1.29, 1.82) is 0 Å². The maximum atomic E-state index is 9.75. The lowest BCUT2D eigenvalue weighted by Gasteiger charge is -2.31. The lowest BCUT2D eigenvalue weighted by Crippen LogP contribution is -2.35. The third kappa shape index (κ3) is 3.65. The second-order valence-electron chi connectivity index (χ2n) is 9.13. The van der Waals surface area contributed by atoms with Crippen molar-refractivity contribution in [2.24, 2.45) is 7.05 Å². The van der Waals surface area contributed by atoms with Crippen molar-refractivity contribution in [2.75, 3.05) is 23.3 Å². The molecular weight excluding hydrogens is 410 g/mol. The number of fused-ring (bicyclic) bond motifs is 2. The van der Waals surface area contributed by atoms with Crippen molar-refractivity contribution in [3.63, 3.8) is 0 Å². The molecule has 0 bridgehead atoms. The number of benzene rings is 2. The minimum absolute atomic E-state index is 0.164. The highest BCUT2D eigenvalue weighted by atomic mass is 16.3. The summed E-state index contributed by atoms with van der Waals surface area (Å²) in [6, 6.07) is 17.3. The molecule has 0 unspecified atom stereocenters. The summed E-state index contributed by atoms with van der Waals surface area (Å²) in [7, 11) is 2.10. The molecule has 6 heteroatoms. The minimum atomic E-state index is -0.164. The summed E-state index contributed by atoms with van der Waals surface area (Å²) in [5, 5.41) is 18.1. The molecule has 1 saturated heterocycles. The van der Waals surface area contributed by atoms with E-state index in [9.17, 15) is 5.11 Å². The molecule has 33 heavy (non-hydrogen) atoms. The van der Waals surface area contributed by atoms with Crippen LogP contribution in [0.3, 0.4) is 0 Å². The number of anilines is 3. The second-order valence-corrected chi connectivity index (χ2v) is 9.13. The topological polar surface area (TPSA) is 65.4 Å². The van der Waals surface area contributed by atoms with E-state index < -0.39 is 0 Å². The van der Waals surface area contributed by atoms with Crippen LogP contribution in [0, 0.1) is 0 Å². The molecule has 4 heterocycles. The molecule has 2 aliphatic rings. The fourth-order valence-electron chi connectivity index (χ4n) is 5.23. The zero-order valence-electron chi connectivity index (χ0n) is 18.9. The van der Waals surface area contributed by atoms with Crippen LogP contribution in [0.5, 0.6) is 0 Å². The van der Waals surface area contributed by atoms with Gasteiger partial charge in [-0.15, -0.1) is 0 Å². The van der Waals surface area contributed by atoms with E-state index in [1.807, 2.05) is 12.3 Å². The number of aryl methyl sites for hydroxylation is 1. The van der Waals surface area contributed by atoms with E-state index >= 15 is 0 Å². The van der Waals surface area contributed by atoms with Gasteiger partial charge in [-0.25, -0.2) is 4.98 Å². The van der Waals surface area contributed by atoms with E-state index in [4.69, 9.17) is 0 Å². The van der Waals surface area contributed by atoms with Crippen LogP contribution in [-0.2, 0) is 20.1 Å². The van der Waals surface area contributed by atoms with Crippen molar-refractivity contribution in [1.82, 2.24) is 14.9 Å². The van der Waals surface area contributed by atoms with Gasteiger partial charge in [-0.3, -0.25) is 0 Å². The Morgan fingerprint density at radius 3 is 2.64 bits per heavy atom. The van der Waals surface area contributed by atoms with Crippen LogP contribution in [0.4, 0.5) is 17.2 Å². The number of pyridine rings is 1. The van der Waals surface area contributed by atoms with E-state index in [0.717, 1.165) is 56.2 Å². The number of nitrogens with one attached hydrogen (secondary N) is 2. The van der Waals surface area contributed by atoms with Gasteiger partial charge in [0, 0.05) is 56.0 Å². The van der Waals surface area contributed by atoms with E-state index in [2.05, 4.69) is 80.8 Å². The molecule has 0 amide bonds. The first kappa shape index (κ1) is 20.3. The summed E-state index contributed by atoms with van der Waals surface area (Å²) in [6.07, 6.45) is 5.54. The Labute approximate surface area is 193 Å². The fourth-order valence-corrected chi connectivity index (χ4v) is 5.23. The standard InChI is InChI=1S/C27H29N5O/c1-31-12-11-22-20(3-2-4-26(22)31)21-6-7-25(24-17-28-16-23(21)24)30-27-8-5-18(15-29-27)32-13-9-19(33)10-14-32/h2-8,11-12,15,19,28,33H,9-10,13-14,16-17H2,1H3,(H,29,30). The molecule has 4 aromatic rings. The molecule has 1 fully saturated rings. The first-order valence-corrected chi connectivity index (χ1v) is 11.7. The summed E-state index contributed by atoms with van der Waals surface area (Å²) in [5.74, 6) is 0.850. The van der Waals surface area contributed by atoms with Crippen LogP contribution in [0.25, 0.3) is 22.0 Å². The Balaban J connectivity index is 1.29. The van der Waals surface area contributed by atoms with Crippen LogP contribution in [0.15, 0.2) is 60.9 Å². The van der Waals surface area contributed by atoms with E-state index in [1.54, 1.807) is 0 Å². The Bertz CT molecular complexity index is 1300. The predicted molar refractivity (Wildman–Crippen MR) is 134 cm³/mol. The van der Waals surface area contributed by atoms with Gasteiger partial charge in [-0.05, 0) is 65.4 Å². The summed E-state index contributed by atoms with van der Waals surface area (Å²) >= 11 is 0. The maximum absolute atomic E-state index is 9.75. The maximum Gasteiger partial charge on any atom is 0.130 e. The monoisotopic (exact) mass is 439 g/mol. The summed E-state index contributed by atoms with van der Waals surface area (Å²) in [4.78, 5) is 6.98. The Hall–Kier alpha value is -3.35. The van der Waals surface area contributed by atoms with Gasteiger partial charge in [-0.2, -0.15) is 0 Å². The number of aliphatic hydroxyl groups excluding tert-OH is 1. The number of hydrogen-bond donors (Lipinski definition) is 3. The van der Waals surface area contributed by atoms with Gasteiger partial charge < -0.3 is 25.2 Å². The van der Waals surface area contributed by atoms with Crippen LogP contribution in [0.1, 0.15) is 24.0 Å². The van der Waals surface area contributed by atoms with Gasteiger partial charge >= 0.3 is 0 Å². The molecule has 0 radical (unpaired) electrons. The number of aliphatic hydroxyl groups is 1. The zero-order valence-corrected chi connectivity index (χ0v) is 18.9. The molecule has 0 atom stereocenters. The number of piperidine rings is 1. The average Bonchev–Trinajstić information content (AvgIpc) is 3.48. The van der Waals surface area contributed by atoms with Crippen molar-refractivity contribution in [3.05, 3.63) is 72.1 Å². The highest BCUT2D eigenvalue weighted by Crippen LogP contribution is 2.38. The molecule has 0 saturated carbocycles. The van der Waals surface area contributed by atoms with Gasteiger partial charge in [0.15, 0.2) is 0 Å². The van der Waals surface area contributed by atoms with E-state index in [1.165, 1.54) is 33.2 Å². The average molecular weight is 440 g/mol. The van der Waals surface area contributed by atoms with Crippen molar-refractivity contribution in [2.45, 2.75) is 32.0 Å². The van der Waals surface area contributed by atoms with Crippen molar-refractivity contribution < 1.29 is 5.11 Å². The third-order valence-corrected chi connectivity index (χ3v) is 7.09. The van der Waals surface area contributed by atoms with Crippen LogP contribution < -0.4 is 15.5 Å². The minimum Gasteiger partial charge on any atom is -0.393 e. The molecule has 0 aliphatic carbocycles. The fraction of sp³-hybridized carbons (Fsp3) is 0.296. The van der Waals surface area contributed by atoms with Crippen molar-refractivity contribution in [3.8, 4) is 11.1 Å². The number of hydrogen-bond acceptors (Lipinski definition) is 5. The first-order chi connectivity index (χ1) is 16.2. The summed E-state index contributed by atoms with van der Waals surface area (Å²) in [6.45, 7) is 3.48. The molecule has 6 rings (SSSR count). The summed E-state index contributed by atoms with van der Waals surface area (Å²) in [5.41, 5.74) is 8.74. The third-order valence-electron chi connectivity index (χ3n) is 7.09. The number of aromatic nitrogens is 2. The van der Waals surface area contributed by atoms with Gasteiger partial charge in [0.25, 0.3) is 0 Å². The second kappa shape index (κ2) is 8.21. The van der Waals surface area contributed by atoms with E-state index in [0.29, 0.717) is 0 Å². The molecule has 2 aliphatic heterocycles. The van der Waals surface area contributed by atoms with Gasteiger partial charge in [-0.1, -0.05) is 18.2 Å². The Morgan fingerprint density at radius 2 is 1.82 bits per heavy atom. The van der Waals surface area contributed by atoms with Crippen molar-refractivity contribution >= 4 is 28.1 Å². The van der Waals surface area contributed by atoms with Crippen LogP contribution in [-0.4, -0.2) is 33.9 Å². The Morgan fingerprint density at radius 1 is 0.970 bits per heavy atom. The quantitative estimate of drug-likeness (QED) is 0.435. The largest absolute Gasteiger partial charge is 0.393 e. The molecule has 6 nitrogen and oxygen atoms in total. The Kier molecular flexibility index (Phi) is 5.04.